The molecule has 0 saturated heterocycles. The Morgan fingerprint density at radius 1 is 1.50 bits per heavy atom. The van der Waals surface area contributed by atoms with E-state index in [1.807, 2.05) is 12.3 Å². The number of rotatable bonds is 3. The van der Waals surface area contributed by atoms with E-state index in [0.717, 1.165) is 5.56 Å². The third-order valence-corrected chi connectivity index (χ3v) is 2.42. The van der Waals surface area contributed by atoms with Crippen LogP contribution in [0, 0.1) is 5.82 Å². The molecule has 1 aromatic carbocycles. The summed E-state index contributed by atoms with van der Waals surface area (Å²) in [6.07, 6.45) is 3.53. The third-order valence-electron chi connectivity index (χ3n) is 2.20. The van der Waals surface area contributed by atoms with Gasteiger partial charge in [0.15, 0.2) is 0 Å². The van der Waals surface area contributed by atoms with Crippen molar-refractivity contribution in [1.82, 2.24) is 9.78 Å². The van der Waals surface area contributed by atoms with Crippen molar-refractivity contribution in [2.75, 3.05) is 0 Å². The standard InChI is InChI=1S/C11H10FN3S/c12-10-3-2-8(6-9(10)11(13)16)7-15-5-1-4-14-15/h1-6H,7H2,(H2,13,16). The van der Waals surface area contributed by atoms with E-state index in [1.165, 1.54) is 6.07 Å². The number of hydrogen-bond donors (Lipinski definition) is 1. The Bertz CT molecular complexity index is 508. The summed E-state index contributed by atoms with van der Waals surface area (Å²) in [6, 6.07) is 6.55. The van der Waals surface area contributed by atoms with Gasteiger partial charge >= 0.3 is 0 Å². The molecule has 0 radical (unpaired) electrons. The minimum Gasteiger partial charge on any atom is -0.389 e. The van der Waals surface area contributed by atoms with E-state index in [9.17, 15) is 4.39 Å². The molecule has 0 atom stereocenters. The zero-order chi connectivity index (χ0) is 11.5. The molecule has 0 aliphatic carbocycles. The Morgan fingerprint density at radius 2 is 2.31 bits per heavy atom. The first kappa shape index (κ1) is 10.8. The van der Waals surface area contributed by atoms with Crippen LogP contribution in [0.25, 0.3) is 0 Å². The van der Waals surface area contributed by atoms with E-state index in [-0.39, 0.29) is 10.6 Å². The molecule has 0 spiro atoms. The van der Waals surface area contributed by atoms with Gasteiger partial charge in [-0.1, -0.05) is 18.3 Å². The molecule has 0 amide bonds. The molecule has 5 heteroatoms. The van der Waals surface area contributed by atoms with Gasteiger partial charge in [0.05, 0.1) is 6.54 Å². The van der Waals surface area contributed by atoms with Crippen molar-refractivity contribution >= 4 is 17.2 Å². The number of nitrogens with zero attached hydrogens (tertiary/aromatic N) is 2. The van der Waals surface area contributed by atoms with E-state index < -0.39 is 5.82 Å². The maximum absolute atomic E-state index is 13.3. The molecule has 2 N–H and O–H groups in total. The Balaban J connectivity index is 2.29. The molecule has 0 bridgehead atoms. The van der Waals surface area contributed by atoms with Crippen molar-refractivity contribution in [3.05, 3.63) is 53.6 Å². The molecule has 0 fully saturated rings. The molecule has 82 valence electrons. The Morgan fingerprint density at radius 3 is 2.94 bits per heavy atom. The molecule has 1 heterocycles. The summed E-state index contributed by atoms with van der Waals surface area (Å²) in [7, 11) is 0. The normalized spacial score (nSPS) is 10.3. The maximum Gasteiger partial charge on any atom is 0.133 e. The average molecular weight is 235 g/mol. The third kappa shape index (κ3) is 2.25. The summed E-state index contributed by atoms with van der Waals surface area (Å²) in [5.41, 5.74) is 6.61. The van der Waals surface area contributed by atoms with Crippen LogP contribution in [-0.4, -0.2) is 14.8 Å². The van der Waals surface area contributed by atoms with Gasteiger partial charge in [-0.15, -0.1) is 0 Å². The molecule has 3 nitrogen and oxygen atoms in total. The number of thiocarbonyl (C=S) groups is 1. The Kier molecular flexibility index (Phi) is 2.96. The van der Waals surface area contributed by atoms with Crippen LogP contribution in [0.3, 0.4) is 0 Å². The lowest BCUT2D eigenvalue weighted by molar-refractivity contribution is 0.622. The second kappa shape index (κ2) is 4.40. The topological polar surface area (TPSA) is 43.8 Å². The molecular weight excluding hydrogens is 225 g/mol. The fraction of sp³-hybridized carbons (Fsp3) is 0.0909. The lowest BCUT2D eigenvalue weighted by Crippen LogP contribution is -2.12. The molecule has 0 unspecified atom stereocenters. The van der Waals surface area contributed by atoms with Crippen LogP contribution in [0.1, 0.15) is 11.1 Å². The van der Waals surface area contributed by atoms with Crippen LogP contribution in [0.4, 0.5) is 4.39 Å². The summed E-state index contributed by atoms with van der Waals surface area (Å²) in [5, 5.41) is 4.07. The number of halogens is 1. The largest absolute Gasteiger partial charge is 0.389 e. The van der Waals surface area contributed by atoms with Crippen molar-refractivity contribution in [2.24, 2.45) is 5.73 Å². The summed E-state index contributed by atoms with van der Waals surface area (Å²) < 4.78 is 15.1. The lowest BCUT2D eigenvalue weighted by atomic mass is 10.1. The molecule has 16 heavy (non-hydrogen) atoms. The van der Waals surface area contributed by atoms with Crippen molar-refractivity contribution in [3.63, 3.8) is 0 Å². The first-order valence-corrected chi connectivity index (χ1v) is 5.13. The van der Waals surface area contributed by atoms with Gasteiger partial charge in [0.25, 0.3) is 0 Å². The van der Waals surface area contributed by atoms with Crippen LogP contribution in [0.2, 0.25) is 0 Å². The first-order chi connectivity index (χ1) is 7.66. The Hall–Kier alpha value is -1.75. The molecule has 2 rings (SSSR count). The van der Waals surface area contributed by atoms with Crippen molar-refractivity contribution < 1.29 is 4.39 Å². The average Bonchev–Trinajstić information content (AvgIpc) is 2.73. The van der Waals surface area contributed by atoms with Gasteiger partial charge in [-0.05, 0) is 23.8 Å². The fourth-order valence-corrected chi connectivity index (χ4v) is 1.60. The summed E-state index contributed by atoms with van der Waals surface area (Å²) in [5.74, 6) is -0.392. The van der Waals surface area contributed by atoms with Gasteiger partial charge in [-0.2, -0.15) is 5.10 Å². The van der Waals surface area contributed by atoms with Gasteiger partial charge in [0.2, 0.25) is 0 Å². The minimum atomic E-state index is -0.392. The van der Waals surface area contributed by atoms with E-state index in [1.54, 1.807) is 23.0 Å². The second-order valence-corrected chi connectivity index (χ2v) is 3.82. The molecule has 2 aromatic rings. The van der Waals surface area contributed by atoms with Crippen molar-refractivity contribution in [1.29, 1.82) is 0 Å². The van der Waals surface area contributed by atoms with Crippen LogP contribution in [0.5, 0.6) is 0 Å². The number of hydrogen-bond acceptors (Lipinski definition) is 2. The summed E-state index contributed by atoms with van der Waals surface area (Å²) >= 11 is 4.77. The van der Waals surface area contributed by atoms with Gasteiger partial charge in [-0.25, -0.2) is 4.39 Å². The van der Waals surface area contributed by atoms with E-state index >= 15 is 0 Å². The minimum absolute atomic E-state index is 0.0693. The molecule has 0 aliphatic heterocycles. The summed E-state index contributed by atoms with van der Waals surface area (Å²) in [4.78, 5) is 0.0693. The van der Waals surface area contributed by atoms with Crippen LogP contribution in [0.15, 0.2) is 36.7 Å². The molecular formula is C11H10FN3S. The molecule has 1 aromatic heterocycles. The maximum atomic E-state index is 13.3. The van der Waals surface area contributed by atoms with Gasteiger partial charge < -0.3 is 5.73 Å². The van der Waals surface area contributed by atoms with E-state index in [4.69, 9.17) is 18.0 Å². The quantitative estimate of drug-likeness (QED) is 0.824. The van der Waals surface area contributed by atoms with Gasteiger partial charge in [0.1, 0.15) is 10.8 Å². The first-order valence-electron chi connectivity index (χ1n) is 4.72. The summed E-state index contributed by atoms with van der Waals surface area (Å²) in [6.45, 7) is 0.572. The SMILES string of the molecule is NC(=S)c1cc(Cn2cccn2)ccc1F. The zero-order valence-corrected chi connectivity index (χ0v) is 9.25. The highest BCUT2D eigenvalue weighted by molar-refractivity contribution is 7.80. The second-order valence-electron chi connectivity index (χ2n) is 3.38. The number of nitrogens with two attached hydrogens (primary N) is 1. The molecule has 0 saturated carbocycles. The molecule has 0 aliphatic rings. The highest BCUT2D eigenvalue weighted by Crippen LogP contribution is 2.11. The number of benzene rings is 1. The Labute approximate surface area is 97.7 Å². The fourth-order valence-electron chi connectivity index (χ4n) is 1.44. The van der Waals surface area contributed by atoms with E-state index in [2.05, 4.69) is 5.10 Å². The number of aromatic nitrogens is 2. The van der Waals surface area contributed by atoms with E-state index in [0.29, 0.717) is 6.54 Å². The van der Waals surface area contributed by atoms with Crippen LogP contribution >= 0.6 is 12.2 Å². The van der Waals surface area contributed by atoms with Gasteiger partial charge in [0, 0.05) is 18.0 Å². The van der Waals surface area contributed by atoms with Crippen molar-refractivity contribution in [3.8, 4) is 0 Å². The van der Waals surface area contributed by atoms with Crippen LogP contribution in [-0.2, 0) is 6.54 Å². The highest BCUT2D eigenvalue weighted by Gasteiger charge is 2.06. The smallest absolute Gasteiger partial charge is 0.133 e. The van der Waals surface area contributed by atoms with Gasteiger partial charge in [-0.3, -0.25) is 4.68 Å². The predicted octanol–water partition coefficient (Wildman–Crippen LogP) is 1.70. The monoisotopic (exact) mass is 235 g/mol. The zero-order valence-electron chi connectivity index (χ0n) is 8.43. The lowest BCUT2D eigenvalue weighted by Gasteiger charge is -2.05. The predicted molar refractivity (Wildman–Crippen MR) is 63.6 cm³/mol. The highest BCUT2D eigenvalue weighted by atomic mass is 32.1. The van der Waals surface area contributed by atoms with Crippen molar-refractivity contribution in [2.45, 2.75) is 6.54 Å². The van der Waals surface area contributed by atoms with Crippen LogP contribution < -0.4 is 5.73 Å².